The summed E-state index contributed by atoms with van der Waals surface area (Å²) in [5, 5.41) is 8.11. The molecule has 38 heavy (non-hydrogen) atoms. The zero-order valence-electron chi connectivity index (χ0n) is 22.9. The first-order valence-corrected chi connectivity index (χ1v) is 13.7. The summed E-state index contributed by atoms with van der Waals surface area (Å²) < 4.78 is 26.0. The van der Waals surface area contributed by atoms with Crippen LogP contribution in [0.3, 0.4) is 0 Å². The molecule has 1 fully saturated rings. The van der Waals surface area contributed by atoms with Crippen molar-refractivity contribution in [2.45, 2.75) is 84.3 Å². The van der Waals surface area contributed by atoms with Gasteiger partial charge in [0.1, 0.15) is 30.4 Å². The van der Waals surface area contributed by atoms with Crippen LogP contribution in [-0.4, -0.2) is 27.6 Å². The summed E-state index contributed by atoms with van der Waals surface area (Å²) in [4.78, 5) is 12.8. The van der Waals surface area contributed by atoms with Gasteiger partial charge >= 0.3 is 5.97 Å². The average molecular weight is 520 g/mol. The molecule has 1 saturated carbocycles. The van der Waals surface area contributed by atoms with Gasteiger partial charge in [0.05, 0.1) is 12.8 Å². The van der Waals surface area contributed by atoms with E-state index in [0.29, 0.717) is 29.9 Å². The Morgan fingerprint density at radius 2 is 1.95 bits per heavy atom. The number of carbonyl (C=O) groups excluding carboxylic acids is 1. The molecule has 0 amide bonds. The monoisotopic (exact) mass is 519 g/mol. The lowest BCUT2D eigenvalue weighted by Gasteiger charge is -2.55. The molecule has 0 aliphatic heterocycles. The first-order chi connectivity index (χ1) is 18.2. The molecule has 2 aliphatic carbocycles. The van der Waals surface area contributed by atoms with Gasteiger partial charge in [0.2, 0.25) is 0 Å². The third-order valence-corrected chi connectivity index (χ3v) is 8.81. The number of hydrogen-bond acceptors (Lipinski definition) is 5. The van der Waals surface area contributed by atoms with Gasteiger partial charge < -0.3 is 9.47 Å². The van der Waals surface area contributed by atoms with E-state index in [2.05, 4.69) is 56.2 Å². The molecular weight excluding hydrogens is 481 g/mol. The van der Waals surface area contributed by atoms with Crippen molar-refractivity contribution in [3.05, 3.63) is 76.9 Å². The van der Waals surface area contributed by atoms with Crippen LogP contribution in [0.15, 0.2) is 48.7 Å². The highest BCUT2D eigenvalue weighted by molar-refractivity contribution is 5.69. The Hall–Kier alpha value is -3.22. The molecule has 3 atom stereocenters. The maximum atomic E-state index is 13.1. The Kier molecular flexibility index (Phi) is 7.30. The van der Waals surface area contributed by atoms with Crippen LogP contribution in [0.5, 0.6) is 5.75 Å². The molecule has 3 aromatic rings. The van der Waals surface area contributed by atoms with Crippen LogP contribution in [0, 0.1) is 17.2 Å². The summed E-state index contributed by atoms with van der Waals surface area (Å²) in [7, 11) is 0. The number of halogens is 1. The van der Waals surface area contributed by atoms with Crippen LogP contribution in [0.2, 0.25) is 0 Å². The van der Waals surface area contributed by atoms with Crippen LogP contribution in [0.25, 0.3) is 0 Å². The van der Waals surface area contributed by atoms with Crippen molar-refractivity contribution < 1.29 is 18.7 Å². The fourth-order valence-corrected chi connectivity index (χ4v) is 6.77. The number of ether oxygens (including phenoxy) is 2. The first kappa shape index (κ1) is 26.4. The van der Waals surface area contributed by atoms with Crippen LogP contribution in [0.4, 0.5) is 4.39 Å². The molecule has 0 saturated heterocycles. The van der Waals surface area contributed by atoms with Crippen molar-refractivity contribution in [2.75, 3.05) is 6.61 Å². The second-order valence-corrected chi connectivity index (χ2v) is 11.9. The molecule has 0 N–H and O–H groups in total. The predicted octanol–water partition coefficient (Wildman–Crippen LogP) is 6.37. The molecule has 1 heterocycles. The van der Waals surface area contributed by atoms with Crippen molar-refractivity contribution in [1.82, 2.24) is 15.0 Å². The number of benzene rings is 2. The molecule has 0 unspecified atom stereocenters. The standard InChI is InChI=1S/C31H38FN3O3/c1-21(2)22-6-12-27-23(16-22)7-13-28-30(3,14-5-15-31(27,28)4)20-38-29(36)18-35-17-25(33-34-35)19-37-26-10-8-24(32)9-11-26/h6,8-12,16-17,21,28H,5,7,13-15,18-20H2,1-4H3/t28-,30-,31+/m0/s1. The average Bonchev–Trinajstić information content (AvgIpc) is 3.34. The van der Waals surface area contributed by atoms with E-state index in [1.165, 1.54) is 39.9 Å². The molecule has 5 rings (SSSR count). The van der Waals surface area contributed by atoms with Crippen LogP contribution in [0.1, 0.15) is 81.7 Å². The van der Waals surface area contributed by atoms with E-state index >= 15 is 0 Å². The Bertz CT molecular complexity index is 1290. The van der Waals surface area contributed by atoms with Crippen molar-refractivity contribution >= 4 is 5.97 Å². The molecule has 0 bridgehead atoms. The molecule has 2 aromatic carbocycles. The fraction of sp³-hybridized carbons (Fsp3) is 0.516. The minimum atomic E-state index is -0.318. The van der Waals surface area contributed by atoms with E-state index in [1.807, 2.05) is 0 Å². The smallest absolute Gasteiger partial charge is 0.327 e. The van der Waals surface area contributed by atoms with Crippen LogP contribution < -0.4 is 4.74 Å². The van der Waals surface area contributed by atoms with Gasteiger partial charge in [-0.1, -0.05) is 57.5 Å². The number of aromatic nitrogens is 3. The van der Waals surface area contributed by atoms with E-state index < -0.39 is 0 Å². The van der Waals surface area contributed by atoms with Gasteiger partial charge in [0, 0.05) is 5.41 Å². The zero-order valence-corrected chi connectivity index (χ0v) is 22.9. The number of hydrogen-bond donors (Lipinski definition) is 0. The number of esters is 1. The van der Waals surface area contributed by atoms with Gasteiger partial charge in [-0.3, -0.25) is 4.79 Å². The Morgan fingerprint density at radius 3 is 2.71 bits per heavy atom. The number of nitrogens with zero attached hydrogens (tertiary/aromatic N) is 3. The quantitative estimate of drug-likeness (QED) is 0.324. The van der Waals surface area contributed by atoms with Crippen molar-refractivity contribution in [3.8, 4) is 5.75 Å². The Balaban J connectivity index is 1.19. The van der Waals surface area contributed by atoms with Gasteiger partial charge in [-0.25, -0.2) is 9.07 Å². The number of aryl methyl sites for hydroxylation is 1. The molecule has 6 nitrogen and oxygen atoms in total. The topological polar surface area (TPSA) is 66.2 Å². The minimum absolute atomic E-state index is 0.00236. The fourth-order valence-electron chi connectivity index (χ4n) is 6.77. The highest BCUT2D eigenvalue weighted by atomic mass is 19.1. The van der Waals surface area contributed by atoms with E-state index in [-0.39, 0.29) is 35.8 Å². The second-order valence-electron chi connectivity index (χ2n) is 11.9. The highest BCUT2D eigenvalue weighted by Gasteiger charge is 2.52. The lowest BCUT2D eigenvalue weighted by molar-refractivity contribution is -0.152. The van der Waals surface area contributed by atoms with Crippen LogP contribution >= 0.6 is 0 Å². The van der Waals surface area contributed by atoms with Crippen molar-refractivity contribution in [3.63, 3.8) is 0 Å². The summed E-state index contributed by atoms with van der Waals surface area (Å²) in [5.41, 5.74) is 5.03. The van der Waals surface area contributed by atoms with E-state index in [9.17, 15) is 9.18 Å². The van der Waals surface area contributed by atoms with Gasteiger partial charge in [0.15, 0.2) is 0 Å². The second kappa shape index (κ2) is 10.5. The Morgan fingerprint density at radius 1 is 1.16 bits per heavy atom. The van der Waals surface area contributed by atoms with Gasteiger partial charge in [0.25, 0.3) is 0 Å². The zero-order chi connectivity index (χ0) is 26.9. The summed E-state index contributed by atoms with van der Waals surface area (Å²) in [5.74, 6) is 0.911. The highest BCUT2D eigenvalue weighted by Crippen LogP contribution is 2.57. The van der Waals surface area contributed by atoms with Crippen molar-refractivity contribution in [2.24, 2.45) is 11.3 Å². The van der Waals surface area contributed by atoms with Crippen LogP contribution in [-0.2, 0) is 34.5 Å². The molecule has 1 aromatic heterocycles. The summed E-state index contributed by atoms with van der Waals surface area (Å²) in [6.07, 6.45) is 7.26. The molecular formula is C31H38FN3O3. The molecule has 2 aliphatic rings. The normalized spacial score (nSPS) is 24.5. The lowest BCUT2D eigenvalue weighted by Crippen LogP contribution is -2.51. The third kappa shape index (κ3) is 5.33. The maximum absolute atomic E-state index is 13.1. The minimum Gasteiger partial charge on any atom is -0.487 e. The molecule has 0 spiro atoms. The molecule has 7 heteroatoms. The summed E-state index contributed by atoms with van der Waals surface area (Å²) in [6.45, 7) is 9.83. The largest absolute Gasteiger partial charge is 0.487 e. The number of rotatable bonds is 8. The predicted molar refractivity (Wildman–Crippen MR) is 143 cm³/mol. The lowest BCUT2D eigenvalue weighted by atomic mass is 9.50. The Labute approximate surface area is 224 Å². The van der Waals surface area contributed by atoms with Gasteiger partial charge in [-0.2, -0.15) is 0 Å². The third-order valence-electron chi connectivity index (χ3n) is 8.81. The SMILES string of the molecule is CC(C)c1ccc2c(c1)CC[C@H]1[C@](C)(COC(=O)Cn3cc(COc4ccc(F)cc4)nn3)CCC[C@]21C. The maximum Gasteiger partial charge on any atom is 0.327 e. The van der Waals surface area contributed by atoms with E-state index in [1.54, 1.807) is 18.3 Å². The summed E-state index contributed by atoms with van der Waals surface area (Å²) in [6, 6.07) is 12.9. The molecule has 0 radical (unpaired) electrons. The van der Waals surface area contributed by atoms with E-state index in [0.717, 1.165) is 25.7 Å². The van der Waals surface area contributed by atoms with Gasteiger partial charge in [-0.15, -0.1) is 5.10 Å². The van der Waals surface area contributed by atoms with Gasteiger partial charge in [-0.05, 0) is 83.9 Å². The number of fused-ring (bicyclic) bond motifs is 3. The number of carbonyl (C=O) groups is 1. The molecule has 202 valence electrons. The first-order valence-electron chi connectivity index (χ1n) is 13.7. The van der Waals surface area contributed by atoms with Crippen molar-refractivity contribution in [1.29, 1.82) is 0 Å². The summed E-state index contributed by atoms with van der Waals surface area (Å²) >= 11 is 0. The van der Waals surface area contributed by atoms with E-state index in [4.69, 9.17) is 9.47 Å².